The predicted octanol–water partition coefficient (Wildman–Crippen LogP) is 3.16. The van der Waals surface area contributed by atoms with Crippen molar-refractivity contribution in [3.05, 3.63) is 15.6 Å². The van der Waals surface area contributed by atoms with Crippen LogP contribution in [0.3, 0.4) is 0 Å². The first-order valence-corrected chi connectivity index (χ1v) is 7.89. The number of ether oxygens (including phenoxy) is 1. The molecule has 6 heteroatoms. The topological polar surface area (TPSA) is 59.4 Å². The van der Waals surface area contributed by atoms with Crippen LogP contribution in [0.15, 0.2) is 0 Å². The van der Waals surface area contributed by atoms with Crippen molar-refractivity contribution >= 4 is 29.1 Å². The molecule has 0 atom stereocenters. The third-order valence-corrected chi connectivity index (χ3v) is 5.61. The summed E-state index contributed by atoms with van der Waals surface area (Å²) in [7, 11) is 1.55. The van der Waals surface area contributed by atoms with Crippen LogP contribution in [0.2, 0.25) is 0 Å². The van der Waals surface area contributed by atoms with E-state index in [2.05, 4.69) is 4.98 Å². The van der Waals surface area contributed by atoms with E-state index in [1.807, 2.05) is 11.8 Å². The van der Waals surface area contributed by atoms with Gasteiger partial charge in [-0.15, -0.1) is 11.3 Å². The zero-order chi connectivity index (χ0) is 13.0. The predicted molar refractivity (Wildman–Crippen MR) is 73.3 cm³/mol. The molecule has 0 aliphatic heterocycles. The molecule has 1 aliphatic rings. The van der Waals surface area contributed by atoms with Gasteiger partial charge in [0.25, 0.3) is 0 Å². The molecule has 0 radical (unpaired) electrons. The largest absolute Gasteiger partial charge is 0.477 e. The summed E-state index contributed by atoms with van der Waals surface area (Å²) < 4.78 is 4.98. The number of carbonyl (C=O) groups is 1. The Kier molecular flexibility index (Phi) is 5.03. The zero-order valence-corrected chi connectivity index (χ0v) is 12.0. The quantitative estimate of drug-likeness (QED) is 0.871. The van der Waals surface area contributed by atoms with Crippen LogP contribution in [0.25, 0.3) is 0 Å². The lowest BCUT2D eigenvalue weighted by molar-refractivity contribution is 0.0697. The summed E-state index contributed by atoms with van der Waals surface area (Å²) in [4.78, 5) is 15.8. The Balaban J connectivity index is 1.99. The van der Waals surface area contributed by atoms with Crippen molar-refractivity contribution in [1.82, 2.24) is 4.98 Å². The van der Waals surface area contributed by atoms with Crippen molar-refractivity contribution in [2.45, 2.75) is 43.3 Å². The molecule has 0 aromatic carbocycles. The van der Waals surface area contributed by atoms with Gasteiger partial charge in [-0.2, -0.15) is 11.8 Å². The minimum Gasteiger partial charge on any atom is -0.477 e. The Labute approximate surface area is 115 Å². The van der Waals surface area contributed by atoms with Crippen molar-refractivity contribution in [3.63, 3.8) is 0 Å². The minimum atomic E-state index is -0.906. The van der Waals surface area contributed by atoms with Gasteiger partial charge in [0, 0.05) is 18.1 Å². The molecule has 1 N–H and O–H groups in total. The molecule has 4 nitrogen and oxygen atoms in total. The summed E-state index contributed by atoms with van der Waals surface area (Å²) in [5, 5.41) is 10.7. The van der Waals surface area contributed by atoms with Gasteiger partial charge in [-0.3, -0.25) is 0 Å². The number of thiazole rings is 1. The summed E-state index contributed by atoms with van der Waals surface area (Å²) in [6, 6.07) is 0. The monoisotopic (exact) mass is 287 g/mol. The number of hydrogen-bond acceptors (Lipinski definition) is 5. The van der Waals surface area contributed by atoms with E-state index in [0.29, 0.717) is 10.6 Å². The van der Waals surface area contributed by atoms with Crippen molar-refractivity contribution in [2.24, 2.45) is 0 Å². The molecule has 18 heavy (non-hydrogen) atoms. The molecule has 0 spiro atoms. The van der Waals surface area contributed by atoms with E-state index in [4.69, 9.17) is 9.84 Å². The number of aromatic nitrogens is 1. The SMILES string of the molecule is COCc1nc(CSC2CCCC2)sc1C(=O)O. The average Bonchev–Trinajstić information content (AvgIpc) is 2.95. The highest BCUT2D eigenvalue weighted by atomic mass is 32.2. The lowest BCUT2D eigenvalue weighted by Gasteiger charge is -2.05. The molecule has 1 aliphatic carbocycles. The van der Waals surface area contributed by atoms with Crippen LogP contribution >= 0.6 is 23.1 Å². The number of thioether (sulfide) groups is 1. The van der Waals surface area contributed by atoms with Crippen molar-refractivity contribution in [2.75, 3.05) is 7.11 Å². The summed E-state index contributed by atoms with van der Waals surface area (Å²) in [5.41, 5.74) is 0.553. The first kappa shape index (κ1) is 13.8. The molecule has 0 saturated heterocycles. The molecular formula is C12H17NO3S2. The maximum atomic E-state index is 11.1. The normalized spacial score (nSPS) is 16.3. The number of nitrogens with zero attached hydrogens (tertiary/aromatic N) is 1. The standard InChI is InChI=1S/C12H17NO3S2/c1-16-6-9-11(12(14)15)18-10(13-9)7-17-8-4-2-3-5-8/h8H,2-7H2,1H3,(H,14,15). The van der Waals surface area contributed by atoms with E-state index in [9.17, 15) is 4.79 Å². The molecule has 0 unspecified atom stereocenters. The number of carboxylic acid groups (broad SMARTS) is 1. The molecule has 2 rings (SSSR count). The van der Waals surface area contributed by atoms with Crippen LogP contribution in [0.5, 0.6) is 0 Å². The molecule has 0 amide bonds. The molecule has 1 aromatic rings. The maximum absolute atomic E-state index is 11.1. The second-order valence-corrected chi connectivity index (χ2v) is 6.71. The van der Waals surface area contributed by atoms with Crippen LogP contribution < -0.4 is 0 Å². The number of aromatic carboxylic acids is 1. The second-order valence-electron chi connectivity index (χ2n) is 4.34. The van der Waals surface area contributed by atoms with Crippen molar-refractivity contribution in [3.8, 4) is 0 Å². The van der Waals surface area contributed by atoms with Gasteiger partial charge in [0.1, 0.15) is 9.88 Å². The van der Waals surface area contributed by atoms with E-state index in [-0.39, 0.29) is 6.61 Å². The highest BCUT2D eigenvalue weighted by Crippen LogP contribution is 2.33. The van der Waals surface area contributed by atoms with Gasteiger partial charge in [0.05, 0.1) is 12.3 Å². The van der Waals surface area contributed by atoms with E-state index < -0.39 is 5.97 Å². The first-order valence-electron chi connectivity index (χ1n) is 6.03. The Morgan fingerprint density at radius 2 is 2.28 bits per heavy atom. The lowest BCUT2D eigenvalue weighted by atomic mass is 10.4. The Morgan fingerprint density at radius 3 is 2.89 bits per heavy atom. The number of hydrogen-bond donors (Lipinski definition) is 1. The Morgan fingerprint density at radius 1 is 1.56 bits per heavy atom. The maximum Gasteiger partial charge on any atom is 0.347 e. The molecule has 1 fully saturated rings. The van der Waals surface area contributed by atoms with Crippen LogP contribution in [0.4, 0.5) is 0 Å². The molecular weight excluding hydrogens is 270 g/mol. The highest BCUT2D eigenvalue weighted by Gasteiger charge is 2.19. The molecule has 1 heterocycles. The van der Waals surface area contributed by atoms with Crippen molar-refractivity contribution < 1.29 is 14.6 Å². The summed E-state index contributed by atoms with van der Waals surface area (Å²) in [6.45, 7) is 0.270. The Bertz CT molecular complexity index is 413. The highest BCUT2D eigenvalue weighted by molar-refractivity contribution is 7.99. The number of carboxylic acids is 1. The summed E-state index contributed by atoms with van der Waals surface area (Å²) in [5.74, 6) is -0.0871. The third-order valence-electron chi connectivity index (χ3n) is 2.96. The average molecular weight is 287 g/mol. The molecule has 0 bridgehead atoms. The third kappa shape index (κ3) is 3.46. The van der Waals surface area contributed by atoms with Gasteiger partial charge in [-0.1, -0.05) is 12.8 Å². The van der Waals surface area contributed by atoms with Gasteiger partial charge in [0.15, 0.2) is 0 Å². The molecule has 1 saturated carbocycles. The smallest absolute Gasteiger partial charge is 0.347 e. The zero-order valence-electron chi connectivity index (χ0n) is 10.3. The minimum absolute atomic E-state index is 0.270. The van der Waals surface area contributed by atoms with Gasteiger partial charge in [-0.05, 0) is 12.8 Å². The van der Waals surface area contributed by atoms with E-state index >= 15 is 0 Å². The van der Waals surface area contributed by atoms with E-state index in [1.54, 1.807) is 7.11 Å². The van der Waals surface area contributed by atoms with Crippen LogP contribution in [0.1, 0.15) is 46.1 Å². The van der Waals surface area contributed by atoms with E-state index in [0.717, 1.165) is 16.0 Å². The summed E-state index contributed by atoms with van der Waals surface area (Å²) in [6.07, 6.45) is 5.22. The Hall–Kier alpha value is -0.590. The number of methoxy groups -OCH3 is 1. The fourth-order valence-corrected chi connectivity index (χ4v) is 4.36. The van der Waals surface area contributed by atoms with Crippen LogP contribution in [-0.4, -0.2) is 28.4 Å². The van der Waals surface area contributed by atoms with E-state index in [1.165, 1.54) is 37.0 Å². The van der Waals surface area contributed by atoms with Gasteiger partial charge >= 0.3 is 5.97 Å². The number of rotatable bonds is 6. The first-order chi connectivity index (χ1) is 8.70. The fraction of sp³-hybridized carbons (Fsp3) is 0.667. The van der Waals surface area contributed by atoms with Crippen LogP contribution in [0, 0.1) is 0 Å². The second kappa shape index (κ2) is 6.54. The molecule has 100 valence electrons. The summed E-state index contributed by atoms with van der Waals surface area (Å²) >= 11 is 3.18. The molecule has 1 aromatic heterocycles. The fourth-order valence-electron chi connectivity index (χ4n) is 2.11. The van der Waals surface area contributed by atoms with Crippen molar-refractivity contribution in [1.29, 1.82) is 0 Å². The lowest BCUT2D eigenvalue weighted by Crippen LogP contribution is -1.99. The van der Waals surface area contributed by atoms with Crippen LogP contribution in [-0.2, 0) is 17.1 Å². The van der Waals surface area contributed by atoms with Gasteiger partial charge < -0.3 is 9.84 Å². The van der Waals surface area contributed by atoms with Gasteiger partial charge in [-0.25, -0.2) is 9.78 Å². The van der Waals surface area contributed by atoms with Gasteiger partial charge in [0.2, 0.25) is 0 Å².